The van der Waals surface area contributed by atoms with Gasteiger partial charge in [0, 0.05) is 11.8 Å². The van der Waals surface area contributed by atoms with Crippen LogP contribution in [0.4, 0.5) is 4.79 Å². The lowest BCUT2D eigenvalue weighted by Gasteiger charge is -2.13. The van der Waals surface area contributed by atoms with Crippen molar-refractivity contribution in [3.63, 3.8) is 0 Å². The van der Waals surface area contributed by atoms with Crippen molar-refractivity contribution in [2.24, 2.45) is 0 Å². The third-order valence-corrected chi connectivity index (χ3v) is 5.17. The van der Waals surface area contributed by atoms with E-state index in [2.05, 4.69) is 5.32 Å². The molecule has 1 fully saturated rings. The number of benzene rings is 2. The van der Waals surface area contributed by atoms with Crippen LogP contribution in [0.1, 0.15) is 24.8 Å². The summed E-state index contributed by atoms with van der Waals surface area (Å²) >= 11 is 1.02. The van der Waals surface area contributed by atoms with Crippen LogP contribution in [0.5, 0.6) is 5.75 Å². The van der Waals surface area contributed by atoms with E-state index in [1.807, 2.05) is 36.4 Å². The molecule has 7 heteroatoms. The molecule has 1 atom stereocenters. The minimum Gasteiger partial charge on any atom is -0.493 e. The van der Waals surface area contributed by atoms with Gasteiger partial charge in [-0.05, 0) is 36.3 Å². The Kier molecular flexibility index (Phi) is 5.78. The van der Waals surface area contributed by atoms with E-state index in [0.29, 0.717) is 25.9 Å². The van der Waals surface area contributed by atoms with Gasteiger partial charge in [-0.25, -0.2) is 0 Å². The van der Waals surface area contributed by atoms with Crippen molar-refractivity contribution in [1.29, 1.82) is 0 Å². The first-order valence-electron chi connectivity index (χ1n) is 8.41. The number of carboxylic acids is 1. The zero-order valence-electron chi connectivity index (χ0n) is 14.1. The van der Waals surface area contributed by atoms with Gasteiger partial charge in [0.2, 0.25) is 5.91 Å². The fourth-order valence-electron chi connectivity index (χ4n) is 2.93. The largest absolute Gasteiger partial charge is 0.493 e. The number of nitrogens with one attached hydrogen (secondary N) is 1. The Morgan fingerprint density at radius 3 is 2.58 bits per heavy atom. The summed E-state index contributed by atoms with van der Waals surface area (Å²) < 4.78 is 5.83. The van der Waals surface area contributed by atoms with Crippen LogP contribution in [0, 0.1) is 0 Å². The number of thioether (sulfide) groups is 1. The van der Waals surface area contributed by atoms with E-state index < -0.39 is 11.2 Å². The highest BCUT2D eigenvalue weighted by molar-refractivity contribution is 8.15. The van der Waals surface area contributed by atoms with Crippen LogP contribution in [0.3, 0.4) is 0 Å². The summed E-state index contributed by atoms with van der Waals surface area (Å²) in [6.07, 6.45) is 1.86. The molecule has 2 aromatic carbocycles. The minimum atomic E-state index is -0.799. The molecule has 2 N–H and O–H groups in total. The van der Waals surface area contributed by atoms with Crippen molar-refractivity contribution < 1.29 is 24.2 Å². The first kappa shape index (κ1) is 18.3. The highest BCUT2D eigenvalue weighted by Gasteiger charge is 2.31. The van der Waals surface area contributed by atoms with Gasteiger partial charge in [0.05, 0.1) is 11.9 Å². The number of carbonyl (C=O) groups excluding carboxylic acids is 2. The highest BCUT2D eigenvalue weighted by atomic mass is 32.2. The predicted molar refractivity (Wildman–Crippen MR) is 99.6 cm³/mol. The standard InChI is InChI=1S/C19H19NO5S/c21-17(22)7-3-4-10-25-15-9-8-12(13-5-1-2-6-14(13)15)11-16-18(23)20-19(24)26-16/h1-2,5-6,8-9,16H,3-4,7,10-11H2,(H,21,22)(H,20,23,24). The Balaban J connectivity index is 1.73. The SMILES string of the molecule is O=C(O)CCCCOc1ccc(CC2SC(=O)NC2=O)c2ccccc12. The number of fused-ring (bicyclic) bond motifs is 1. The lowest BCUT2D eigenvalue weighted by Crippen LogP contribution is -2.25. The molecule has 2 amide bonds. The van der Waals surface area contributed by atoms with Gasteiger partial charge < -0.3 is 9.84 Å². The summed E-state index contributed by atoms with van der Waals surface area (Å²) in [7, 11) is 0. The summed E-state index contributed by atoms with van der Waals surface area (Å²) in [4.78, 5) is 33.7. The van der Waals surface area contributed by atoms with Crippen molar-refractivity contribution in [1.82, 2.24) is 5.32 Å². The van der Waals surface area contributed by atoms with E-state index in [-0.39, 0.29) is 17.6 Å². The summed E-state index contributed by atoms with van der Waals surface area (Å²) in [5.74, 6) is -0.311. The van der Waals surface area contributed by atoms with E-state index >= 15 is 0 Å². The van der Waals surface area contributed by atoms with Crippen LogP contribution < -0.4 is 10.1 Å². The van der Waals surface area contributed by atoms with Gasteiger partial charge in [-0.15, -0.1) is 0 Å². The van der Waals surface area contributed by atoms with Crippen LogP contribution in [-0.4, -0.2) is 34.1 Å². The van der Waals surface area contributed by atoms with Gasteiger partial charge in [-0.1, -0.05) is 42.1 Å². The smallest absolute Gasteiger partial charge is 0.303 e. The van der Waals surface area contributed by atoms with Gasteiger partial charge >= 0.3 is 5.97 Å². The third kappa shape index (κ3) is 4.35. The molecule has 136 valence electrons. The van der Waals surface area contributed by atoms with Crippen molar-refractivity contribution in [3.05, 3.63) is 42.0 Å². The van der Waals surface area contributed by atoms with Crippen LogP contribution in [0.2, 0.25) is 0 Å². The average molecular weight is 373 g/mol. The van der Waals surface area contributed by atoms with E-state index in [0.717, 1.165) is 33.8 Å². The second kappa shape index (κ2) is 8.23. The van der Waals surface area contributed by atoms with Crippen LogP contribution in [-0.2, 0) is 16.0 Å². The number of hydrogen-bond donors (Lipinski definition) is 2. The number of amides is 2. The maximum absolute atomic E-state index is 11.8. The van der Waals surface area contributed by atoms with E-state index in [1.54, 1.807) is 0 Å². The average Bonchev–Trinajstić information content (AvgIpc) is 2.93. The number of aliphatic carboxylic acids is 1. The Morgan fingerprint density at radius 2 is 1.88 bits per heavy atom. The zero-order chi connectivity index (χ0) is 18.5. The number of carboxylic acid groups (broad SMARTS) is 1. The Hall–Kier alpha value is -2.54. The van der Waals surface area contributed by atoms with Crippen molar-refractivity contribution in [2.75, 3.05) is 6.61 Å². The molecule has 0 aliphatic carbocycles. The monoisotopic (exact) mass is 373 g/mol. The number of imide groups is 1. The number of unbranched alkanes of at least 4 members (excludes halogenated alkanes) is 1. The molecule has 26 heavy (non-hydrogen) atoms. The number of hydrogen-bond acceptors (Lipinski definition) is 5. The molecule has 1 aliphatic heterocycles. The normalized spacial score (nSPS) is 16.7. The van der Waals surface area contributed by atoms with E-state index in [1.165, 1.54) is 0 Å². The lowest BCUT2D eigenvalue weighted by atomic mass is 10.00. The molecule has 6 nitrogen and oxygen atoms in total. The predicted octanol–water partition coefficient (Wildman–Crippen LogP) is 3.37. The lowest BCUT2D eigenvalue weighted by molar-refractivity contribution is -0.137. The summed E-state index contributed by atoms with van der Waals surface area (Å²) in [6, 6.07) is 11.6. The first-order valence-corrected chi connectivity index (χ1v) is 9.29. The third-order valence-electron chi connectivity index (χ3n) is 4.19. The molecule has 1 heterocycles. The second-order valence-corrected chi connectivity index (χ2v) is 7.23. The molecule has 0 aromatic heterocycles. The summed E-state index contributed by atoms with van der Waals surface area (Å²) in [5.41, 5.74) is 0.987. The minimum absolute atomic E-state index is 0.142. The van der Waals surface area contributed by atoms with E-state index in [9.17, 15) is 14.4 Å². The number of ether oxygens (including phenoxy) is 1. The van der Waals surface area contributed by atoms with Gasteiger partial charge in [0.15, 0.2) is 0 Å². The Bertz CT molecular complexity index is 851. The highest BCUT2D eigenvalue weighted by Crippen LogP contribution is 2.32. The maximum Gasteiger partial charge on any atom is 0.303 e. The summed E-state index contributed by atoms with van der Waals surface area (Å²) in [6.45, 7) is 0.450. The zero-order valence-corrected chi connectivity index (χ0v) is 14.9. The van der Waals surface area contributed by atoms with Crippen molar-refractivity contribution in [2.45, 2.75) is 30.9 Å². The molecule has 1 unspecified atom stereocenters. The molecule has 1 aliphatic rings. The first-order chi connectivity index (χ1) is 12.5. The number of carbonyl (C=O) groups is 3. The van der Waals surface area contributed by atoms with E-state index in [4.69, 9.17) is 9.84 Å². The molecule has 1 saturated heterocycles. The number of rotatable bonds is 8. The molecular formula is C19H19NO5S. The summed E-state index contributed by atoms with van der Waals surface area (Å²) in [5, 5.41) is 12.2. The molecule has 0 radical (unpaired) electrons. The van der Waals surface area contributed by atoms with Crippen LogP contribution >= 0.6 is 11.8 Å². The quantitative estimate of drug-likeness (QED) is 0.689. The van der Waals surface area contributed by atoms with Crippen molar-refractivity contribution >= 4 is 39.7 Å². The van der Waals surface area contributed by atoms with Gasteiger partial charge in [-0.2, -0.15) is 0 Å². The van der Waals surface area contributed by atoms with Gasteiger partial charge in [-0.3, -0.25) is 19.7 Å². The Morgan fingerprint density at radius 1 is 1.12 bits per heavy atom. The van der Waals surface area contributed by atoms with Crippen LogP contribution in [0.15, 0.2) is 36.4 Å². The van der Waals surface area contributed by atoms with Gasteiger partial charge in [0.1, 0.15) is 5.75 Å². The molecule has 0 spiro atoms. The molecule has 0 saturated carbocycles. The van der Waals surface area contributed by atoms with Crippen molar-refractivity contribution in [3.8, 4) is 5.75 Å². The topological polar surface area (TPSA) is 92.7 Å². The Labute approximate surface area is 154 Å². The fourth-order valence-corrected chi connectivity index (χ4v) is 3.77. The molecule has 3 rings (SSSR count). The molecular weight excluding hydrogens is 354 g/mol. The van der Waals surface area contributed by atoms with Gasteiger partial charge in [0.25, 0.3) is 5.24 Å². The van der Waals surface area contributed by atoms with Crippen LogP contribution in [0.25, 0.3) is 10.8 Å². The molecule has 2 aromatic rings. The fraction of sp³-hybridized carbons (Fsp3) is 0.316. The molecule has 0 bridgehead atoms. The maximum atomic E-state index is 11.8. The second-order valence-electron chi connectivity index (χ2n) is 6.06.